The molecule has 0 aromatic heterocycles. The molecular weight excluding hydrogens is 292 g/mol. The lowest BCUT2D eigenvalue weighted by molar-refractivity contribution is 0.0289. The Labute approximate surface area is 138 Å². The predicted molar refractivity (Wildman–Crippen MR) is 90.1 cm³/mol. The fraction of sp³-hybridized carbons (Fsp3) is 0.500. The molecule has 5 heteroatoms. The number of benzene rings is 1. The smallest absolute Gasteiger partial charge is 0.362 e. The SMILES string of the molecule is CCCOc1ccc(C(=O)ONC2=C(C)CN(C)C[C@@H]2C)cc1. The molecule has 1 aliphatic heterocycles. The number of ether oxygens (including phenoxy) is 1. The van der Waals surface area contributed by atoms with Gasteiger partial charge in [-0.3, -0.25) is 0 Å². The lowest BCUT2D eigenvalue weighted by atomic mass is 9.99. The van der Waals surface area contributed by atoms with Crippen molar-refractivity contribution in [3.05, 3.63) is 41.1 Å². The molecule has 1 N–H and O–H groups in total. The van der Waals surface area contributed by atoms with Crippen molar-refractivity contribution in [1.29, 1.82) is 0 Å². The van der Waals surface area contributed by atoms with Crippen molar-refractivity contribution in [1.82, 2.24) is 10.4 Å². The third-order valence-electron chi connectivity index (χ3n) is 3.86. The lowest BCUT2D eigenvalue weighted by Crippen LogP contribution is -2.37. The van der Waals surface area contributed by atoms with Crippen LogP contribution in [0, 0.1) is 5.92 Å². The molecule has 1 heterocycles. The minimum Gasteiger partial charge on any atom is -0.494 e. The fourth-order valence-corrected chi connectivity index (χ4v) is 2.79. The van der Waals surface area contributed by atoms with Gasteiger partial charge in [0.15, 0.2) is 0 Å². The first-order chi connectivity index (χ1) is 11.0. The van der Waals surface area contributed by atoms with Gasteiger partial charge in [-0.15, -0.1) is 0 Å². The Morgan fingerprint density at radius 3 is 2.65 bits per heavy atom. The van der Waals surface area contributed by atoms with E-state index < -0.39 is 5.97 Å². The molecule has 0 bridgehead atoms. The highest BCUT2D eigenvalue weighted by Gasteiger charge is 2.21. The van der Waals surface area contributed by atoms with Gasteiger partial charge < -0.3 is 14.5 Å². The van der Waals surface area contributed by atoms with Gasteiger partial charge in [0.1, 0.15) is 5.75 Å². The van der Waals surface area contributed by atoms with Crippen LogP contribution in [-0.2, 0) is 4.84 Å². The summed E-state index contributed by atoms with van der Waals surface area (Å²) in [5, 5.41) is 0. The van der Waals surface area contributed by atoms with Crippen molar-refractivity contribution in [3.63, 3.8) is 0 Å². The first-order valence-corrected chi connectivity index (χ1v) is 8.09. The number of carbonyl (C=O) groups is 1. The van der Waals surface area contributed by atoms with E-state index in [0.717, 1.165) is 31.0 Å². The molecule has 1 atom stereocenters. The van der Waals surface area contributed by atoms with Crippen molar-refractivity contribution in [2.45, 2.75) is 27.2 Å². The highest BCUT2D eigenvalue weighted by molar-refractivity contribution is 5.89. The van der Waals surface area contributed by atoms with Gasteiger partial charge in [0.2, 0.25) is 0 Å². The zero-order chi connectivity index (χ0) is 16.8. The number of nitrogens with zero attached hydrogens (tertiary/aromatic N) is 1. The molecule has 1 aliphatic rings. The Balaban J connectivity index is 1.93. The second kappa shape index (κ2) is 8.02. The Kier molecular flexibility index (Phi) is 6.04. The minimum atomic E-state index is -0.390. The largest absolute Gasteiger partial charge is 0.494 e. The van der Waals surface area contributed by atoms with Gasteiger partial charge in [-0.2, -0.15) is 0 Å². The van der Waals surface area contributed by atoms with Gasteiger partial charge >= 0.3 is 5.97 Å². The molecular formula is C18H26N2O3. The molecule has 0 spiro atoms. The Hall–Kier alpha value is -2.01. The van der Waals surface area contributed by atoms with Crippen LogP contribution in [0.5, 0.6) is 5.75 Å². The number of hydroxylamine groups is 1. The van der Waals surface area contributed by atoms with Crippen LogP contribution in [-0.4, -0.2) is 37.6 Å². The zero-order valence-electron chi connectivity index (χ0n) is 14.4. The van der Waals surface area contributed by atoms with Gasteiger partial charge in [0, 0.05) is 19.0 Å². The summed E-state index contributed by atoms with van der Waals surface area (Å²) in [5.41, 5.74) is 5.56. The van der Waals surface area contributed by atoms with Crippen LogP contribution < -0.4 is 10.2 Å². The summed E-state index contributed by atoms with van der Waals surface area (Å²) >= 11 is 0. The average molecular weight is 318 g/mol. The maximum Gasteiger partial charge on any atom is 0.362 e. The van der Waals surface area contributed by atoms with E-state index in [4.69, 9.17) is 9.57 Å². The molecule has 1 aromatic carbocycles. The van der Waals surface area contributed by atoms with Crippen LogP contribution in [0.1, 0.15) is 37.6 Å². The summed E-state index contributed by atoms with van der Waals surface area (Å²) in [6.45, 7) is 8.73. The number of hydrogen-bond donors (Lipinski definition) is 1. The minimum absolute atomic E-state index is 0.311. The summed E-state index contributed by atoms with van der Waals surface area (Å²) in [7, 11) is 2.09. The van der Waals surface area contributed by atoms with Crippen molar-refractivity contribution in [2.75, 3.05) is 26.7 Å². The number of hydrogen-bond acceptors (Lipinski definition) is 5. The van der Waals surface area contributed by atoms with Crippen molar-refractivity contribution >= 4 is 5.97 Å². The van der Waals surface area contributed by atoms with Gasteiger partial charge in [-0.1, -0.05) is 13.8 Å². The monoisotopic (exact) mass is 318 g/mol. The maximum absolute atomic E-state index is 12.1. The summed E-state index contributed by atoms with van der Waals surface area (Å²) < 4.78 is 5.50. The molecule has 0 amide bonds. The van der Waals surface area contributed by atoms with Crippen LogP contribution in [0.15, 0.2) is 35.5 Å². The van der Waals surface area contributed by atoms with Crippen LogP contribution in [0.2, 0.25) is 0 Å². The molecule has 5 nitrogen and oxygen atoms in total. The lowest BCUT2D eigenvalue weighted by Gasteiger charge is -2.31. The fourth-order valence-electron chi connectivity index (χ4n) is 2.79. The first-order valence-electron chi connectivity index (χ1n) is 8.09. The van der Waals surface area contributed by atoms with Gasteiger partial charge in [0.05, 0.1) is 17.9 Å². The van der Waals surface area contributed by atoms with E-state index in [2.05, 4.69) is 38.2 Å². The number of carbonyl (C=O) groups excluding carboxylic acids is 1. The zero-order valence-corrected chi connectivity index (χ0v) is 14.4. The third kappa shape index (κ3) is 4.73. The van der Waals surface area contributed by atoms with E-state index in [-0.39, 0.29) is 0 Å². The second-order valence-electron chi connectivity index (χ2n) is 6.16. The van der Waals surface area contributed by atoms with Gasteiger partial charge in [-0.25, -0.2) is 10.3 Å². The molecule has 23 heavy (non-hydrogen) atoms. The van der Waals surface area contributed by atoms with E-state index in [9.17, 15) is 4.79 Å². The predicted octanol–water partition coefficient (Wildman–Crippen LogP) is 2.99. The molecule has 1 aromatic rings. The Bertz CT molecular complexity index is 566. The molecule has 0 fully saturated rings. The molecule has 0 unspecified atom stereocenters. The van der Waals surface area contributed by atoms with E-state index in [1.54, 1.807) is 24.3 Å². The number of likely N-dealkylation sites (N-methyl/N-ethyl adjacent to an activating group) is 1. The van der Waals surface area contributed by atoms with E-state index >= 15 is 0 Å². The van der Waals surface area contributed by atoms with Crippen LogP contribution in [0.4, 0.5) is 0 Å². The second-order valence-corrected chi connectivity index (χ2v) is 6.16. The first kappa shape index (κ1) is 17.3. The molecule has 0 aliphatic carbocycles. The van der Waals surface area contributed by atoms with Crippen LogP contribution >= 0.6 is 0 Å². The van der Waals surface area contributed by atoms with Crippen LogP contribution in [0.3, 0.4) is 0 Å². The third-order valence-corrected chi connectivity index (χ3v) is 3.86. The van der Waals surface area contributed by atoms with Crippen molar-refractivity contribution < 1.29 is 14.4 Å². The van der Waals surface area contributed by atoms with E-state index in [1.807, 2.05) is 0 Å². The van der Waals surface area contributed by atoms with Crippen LogP contribution in [0.25, 0.3) is 0 Å². The average Bonchev–Trinajstić information content (AvgIpc) is 2.52. The van der Waals surface area contributed by atoms with Gasteiger partial charge in [0.25, 0.3) is 0 Å². The molecule has 0 radical (unpaired) electrons. The van der Waals surface area contributed by atoms with E-state index in [1.165, 1.54) is 5.57 Å². The summed E-state index contributed by atoms with van der Waals surface area (Å²) in [5.74, 6) is 0.684. The molecule has 0 saturated carbocycles. The topological polar surface area (TPSA) is 50.8 Å². The van der Waals surface area contributed by atoms with Crippen molar-refractivity contribution in [2.24, 2.45) is 5.92 Å². The highest BCUT2D eigenvalue weighted by atomic mass is 16.7. The summed E-state index contributed by atoms with van der Waals surface area (Å²) in [4.78, 5) is 19.6. The van der Waals surface area contributed by atoms with Crippen molar-refractivity contribution in [3.8, 4) is 5.75 Å². The Morgan fingerprint density at radius 1 is 1.35 bits per heavy atom. The number of nitrogens with one attached hydrogen (secondary N) is 1. The highest BCUT2D eigenvalue weighted by Crippen LogP contribution is 2.20. The summed E-state index contributed by atoms with van der Waals surface area (Å²) in [6.07, 6.45) is 0.954. The maximum atomic E-state index is 12.1. The number of rotatable bonds is 6. The standard InChI is InChI=1S/C18H26N2O3/c1-5-10-22-16-8-6-15(7-9-16)18(21)23-19-17-13(2)11-20(4)12-14(17)3/h6-9,13,19H,5,10-12H2,1-4H3/t13-/m0/s1. The van der Waals surface area contributed by atoms with E-state index in [0.29, 0.717) is 18.1 Å². The van der Waals surface area contributed by atoms with Gasteiger partial charge in [-0.05, 0) is 50.2 Å². The normalized spacial score (nSPS) is 18.7. The quantitative estimate of drug-likeness (QED) is 0.817. The molecule has 126 valence electrons. The molecule has 0 saturated heterocycles. The molecule has 2 rings (SSSR count). The summed E-state index contributed by atoms with van der Waals surface area (Å²) in [6, 6.07) is 7.01. The Morgan fingerprint density at radius 2 is 2.04 bits per heavy atom.